The van der Waals surface area contributed by atoms with Crippen LogP contribution >= 0.6 is 0 Å². The molecule has 3 aromatic heterocycles. The molecule has 1 aliphatic rings. The van der Waals surface area contributed by atoms with Gasteiger partial charge in [-0.25, -0.2) is 9.97 Å². The molecule has 1 aliphatic heterocycles. The van der Waals surface area contributed by atoms with Crippen molar-refractivity contribution in [2.75, 3.05) is 44.3 Å². The summed E-state index contributed by atoms with van der Waals surface area (Å²) in [6.45, 7) is 3.50. The van der Waals surface area contributed by atoms with Crippen LogP contribution in [0.5, 0.6) is 0 Å². The Morgan fingerprint density at radius 2 is 1.85 bits per heavy atom. The average Bonchev–Trinajstić information content (AvgIpc) is 3.23. The van der Waals surface area contributed by atoms with E-state index >= 15 is 0 Å². The molecule has 0 spiro atoms. The van der Waals surface area contributed by atoms with Crippen LogP contribution in [-0.2, 0) is 17.5 Å². The summed E-state index contributed by atoms with van der Waals surface area (Å²) >= 11 is 0. The maximum absolute atomic E-state index is 12.6. The van der Waals surface area contributed by atoms with Gasteiger partial charge in [-0.05, 0) is 12.1 Å². The molecule has 1 saturated heterocycles. The summed E-state index contributed by atoms with van der Waals surface area (Å²) in [5.41, 5.74) is -0.156. The van der Waals surface area contributed by atoms with Crippen LogP contribution in [-0.4, -0.2) is 75.1 Å². The lowest BCUT2D eigenvalue weighted by atomic mass is 10.2. The molecular formula is C21H25F3N6O3. The molecular weight excluding hydrogens is 441 g/mol. The molecule has 0 saturated carbocycles. The number of H-pyrrole nitrogens is 1. The van der Waals surface area contributed by atoms with E-state index in [0.29, 0.717) is 57.7 Å². The smallest absolute Gasteiger partial charge is 0.379 e. The lowest BCUT2D eigenvalue weighted by Crippen LogP contribution is -2.51. The van der Waals surface area contributed by atoms with E-state index in [1.165, 1.54) is 0 Å². The number of aromatic nitrogens is 4. The molecule has 9 nitrogen and oxygen atoms in total. The Morgan fingerprint density at radius 3 is 2.55 bits per heavy atom. The minimum Gasteiger partial charge on any atom is -0.379 e. The molecule has 0 radical (unpaired) electrons. The predicted octanol–water partition coefficient (Wildman–Crippen LogP) is 1.69. The van der Waals surface area contributed by atoms with Crippen molar-refractivity contribution in [2.45, 2.75) is 25.4 Å². The van der Waals surface area contributed by atoms with Crippen LogP contribution in [0, 0.1) is 0 Å². The van der Waals surface area contributed by atoms with E-state index < -0.39 is 18.0 Å². The Bertz CT molecular complexity index is 1110. The third-order valence-electron chi connectivity index (χ3n) is 5.69. The van der Waals surface area contributed by atoms with Gasteiger partial charge >= 0.3 is 6.18 Å². The maximum atomic E-state index is 12.6. The largest absolute Gasteiger partial charge is 0.419 e. The summed E-state index contributed by atoms with van der Waals surface area (Å²) in [6.07, 6.45) is 0.331. The number of fused-ring (bicyclic) bond motifs is 1. The number of aliphatic hydroxyl groups excluding tert-OH is 1. The second-order valence-corrected chi connectivity index (χ2v) is 7.79. The standard InChI is InChI=1S/C21H25F3N6O3/c22-21(23,24)15-13-26-20(27-14-15)30-8-6-29(7-9-30)18(31)3-11-33-12-10-28-5-2-16-17(28)1-4-25-19(16)32/h1-2,4-5,13-14,18,31H,3,6-12H2,(H,25,32). The van der Waals surface area contributed by atoms with Crippen molar-refractivity contribution in [3.63, 3.8) is 0 Å². The van der Waals surface area contributed by atoms with E-state index in [9.17, 15) is 23.1 Å². The van der Waals surface area contributed by atoms with Gasteiger partial charge in [0.1, 0.15) is 6.23 Å². The van der Waals surface area contributed by atoms with Crippen molar-refractivity contribution in [3.8, 4) is 0 Å². The monoisotopic (exact) mass is 466 g/mol. The molecule has 4 rings (SSSR count). The lowest BCUT2D eigenvalue weighted by molar-refractivity contribution is -0.138. The van der Waals surface area contributed by atoms with Gasteiger partial charge in [-0.15, -0.1) is 0 Å². The first-order chi connectivity index (χ1) is 15.8. The zero-order chi connectivity index (χ0) is 23.4. The number of aromatic amines is 1. The van der Waals surface area contributed by atoms with Crippen LogP contribution in [0.25, 0.3) is 10.9 Å². The van der Waals surface area contributed by atoms with Gasteiger partial charge < -0.3 is 24.3 Å². The molecule has 33 heavy (non-hydrogen) atoms. The fourth-order valence-electron chi connectivity index (χ4n) is 3.82. The quantitative estimate of drug-likeness (QED) is 0.488. The van der Waals surface area contributed by atoms with E-state index in [0.717, 1.165) is 17.9 Å². The van der Waals surface area contributed by atoms with Crippen LogP contribution in [0.1, 0.15) is 12.0 Å². The van der Waals surface area contributed by atoms with Gasteiger partial charge in [0, 0.05) is 63.9 Å². The summed E-state index contributed by atoms with van der Waals surface area (Å²) in [7, 11) is 0. The lowest BCUT2D eigenvalue weighted by Gasteiger charge is -2.37. The highest BCUT2D eigenvalue weighted by atomic mass is 19.4. The molecule has 0 amide bonds. The van der Waals surface area contributed by atoms with Gasteiger partial charge in [0.05, 0.1) is 29.7 Å². The highest BCUT2D eigenvalue weighted by molar-refractivity contribution is 5.78. The number of pyridine rings is 1. The number of anilines is 1. The van der Waals surface area contributed by atoms with Crippen molar-refractivity contribution >= 4 is 16.9 Å². The number of rotatable bonds is 8. The molecule has 0 aromatic carbocycles. The van der Waals surface area contributed by atoms with Crippen molar-refractivity contribution in [2.24, 2.45) is 0 Å². The summed E-state index contributed by atoms with van der Waals surface area (Å²) in [6, 6.07) is 3.61. The molecule has 4 heterocycles. The molecule has 1 unspecified atom stereocenters. The number of hydrogen-bond acceptors (Lipinski definition) is 7. The number of aliphatic hydroxyl groups is 1. The molecule has 12 heteroatoms. The topological polar surface area (TPSA) is 99.5 Å². The van der Waals surface area contributed by atoms with E-state index in [2.05, 4.69) is 15.0 Å². The van der Waals surface area contributed by atoms with Crippen LogP contribution in [0.4, 0.5) is 19.1 Å². The normalized spacial score (nSPS) is 16.4. The van der Waals surface area contributed by atoms with Crippen LogP contribution in [0.15, 0.2) is 41.7 Å². The van der Waals surface area contributed by atoms with Gasteiger partial charge in [-0.1, -0.05) is 0 Å². The van der Waals surface area contributed by atoms with Gasteiger partial charge in [0.25, 0.3) is 5.56 Å². The van der Waals surface area contributed by atoms with Crippen molar-refractivity contribution in [1.29, 1.82) is 0 Å². The van der Waals surface area contributed by atoms with E-state index in [1.807, 2.05) is 21.7 Å². The average molecular weight is 466 g/mol. The number of alkyl halides is 3. The summed E-state index contributed by atoms with van der Waals surface area (Å²) < 4.78 is 45.6. The Hall–Kier alpha value is -2.96. The number of nitrogens with one attached hydrogen (secondary N) is 1. The maximum Gasteiger partial charge on any atom is 0.419 e. The zero-order valence-electron chi connectivity index (χ0n) is 17.8. The number of nitrogens with zero attached hydrogens (tertiary/aromatic N) is 5. The van der Waals surface area contributed by atoms with Gasteiger partial charge in [-0.2, -0.15) is 13.2 Å². The molecule has 0 bridgehead atoms. The second kappa shape index (κ2) is 9.89. The third-order valence-corrected chi connectivity index (χ3v) is 5.69. The Balaban J connectivity index is 1.17. The molecule has 1 fully saturated rings. The molecule has 0 aliphatic carbocycles. The minimum atomic E-state index is -4.46. The third kappa shape index (κ3) is 5.52. The molecule has 1 atom stereocenters. The zero-order valence-corrected chi connectivity index (χ0v) is 17.8. The molecule has 3 aromatic rings. The first-order valence-corrected chi connectivity index (χ1v) is 10.6. The highest BCUT2D eigenvalue weighted by Gasteiger charge is 2.32. The van der Waals surface area contributed by atoms with Crippen molar-refractivity contribution in [3.05, 3.63) is 52.8 Å². The highest BCUT2D eigenvalue weighted by Crippen LogP contribution is 2.28. The Labute approximate surface area is 187 Å². The summed E-state index contributed by atoms with van der Waals surface area (Å²) in [5, 5.41) is 11.1. The number of piperazine rings is 1. The minimum absolute atomic E-state index is 0.125. The van der Waals surface area contributed by atoms with Crippen LogP contribution in [0.3, 0.4) is 0 Å². The number of hydrogen-bond donors (Lipinski definition) is 2. The van der Waals surface area contributed by atoms with Crippen LogP contribution in [0.2, 0.25) is 0 Å². The van der Waals surface area contributed by atoms with Gasteiger partial charge in [0.15, 0.2) is 0 Å². The first kappa shape index (κ1) is 23.2. The second-order valence-electron chi connectivity index (χ2n) is 7.79. The Kier molecular flexibility index (Phi) is 6.96. The van der Waals surface area contributed by atoms with Crippen molar-refractivity contribution < 1.29 is 23.0 Å². The molecule has 2 N–H and O–H groups in total. The number of halogens is 3. The van der Waals surface area contributed by atoms with Gasteiger partial charge in [-0.3, -0.25) is 9.69 Å². The summed E-state index contributed by atoms with van der Waals surface area (Å²) in [5.74, 6) is 0.250. The predicted molar refractivity (Wildman–Crippen MR) is 115 cm³/mol. The van der Waals surface area contributed by atoms with E-state index in [1.54, 1.807) is 17.2 Å². The molecule has 178 valence electrons. The SMILES string of the molecule is O=c1[nH]ccc2c1ccn2CCOCCC(O)N1CCN(c2ncc(C(F)(F)F)cn2)CC1. The first-order valence-electron chi connectivity index (χ1n) is 10.6. The summed E-state index contributed by atoms with van der Waals surface area (Å²) in [4.78, 5) is 25.8. The fourth-order valence-corrected chi connectivity index (χ4v) is 3.82. The van der Waals surface area contributed by atoms with Gasteiger partial charge in [0.2, 0.25) is 5.95 Å². The Morgan fingerprint density at radius 1 is 1.12 bits per heavy atom. The van der Waals surface area contributed by atoms with Crippen LogP contribution < -0.4 is 10.5 Å². The van der Waals surface area contributed by atoms with E-state index in [-0.39, 0.29) is 11.5 Å². The number of ether oxygens (including phenoxy) is 1. The van der Waals surface area contributed by atoms with Crippen molar-refractivity contribution in [1.82, 2.24) is 24.4 Å². The fraction of sp³-hybridized carbons (Fsp3) is 0.476. The van der Waals surface area contributed by atoms with E-state index in [4.69, 9.17) is 4.74 Å².